The van der Waals surface area contributed by atoms with Gasteiger partial charge >= 0.3 is 6.09 Å². The summed E-state index contributed by atoms with van der Waals surface area (Å²) in [6.45, 7) is 1.69. The van der Waals surface area contributed by atoms with Crippen molar-refractivity contribution in [2.75, 3.05) is 23.7 Å². The molecule has 2 fully saturated rings. The van der Waals surface area contributed by atoms with Crippen LogP contribution in [0, 0.1) is 11.8 Å². The molecule has 19 heavy (non-hydrogen) atoms. The molecule has 102 valence electrons. The van der Waals surface area contributed by atoms with Gasteiger partial charge in [-0.3, -0.25) is 0 Å². The Morgan fingerprint density at radius 3 is 2.68 bits per heavy atom. The van der Waals surface area contributed by atoms with E-state index in [1.807, 2.05) is 12.1 Å². The zero-order chi connectivity index (χ0) is 13.4. The first kappa shape index (κ1) is 12.1. The van der Waals surface area contributed by atoms with Gasteiger partial charge < -0.3 is 21.1 Å². The van der Waals surface area contributed by atoms with Gasteiger partial charge in [-0.05, 0) is 36.8 Å². The van der Waals surface area contributed by atoms with E-state index in [0.29, 0.717) is 17.7 Å². The van der Waals surface area contributed by atoms with Gasteiger partial charge in [-0.1, -0.05) is 0 Å². The average Bonchev–Trinajstić information content (AvgIpc) is 2.62. The van der Waals surface area contributed by atoms with E-state index in [1.54, 1.807) is 6.20 Å². The number of pyridine rings is 1. The summed E-state index contributed by atoms with van der Waals surface area (Å²) in [6, 6.07) is 3.95. The van der Waals surface area contributed by atoms with Crippen molar-refractivity contribution in [3.63, 3.8) is 0 Å². The first-order valence-corrected chi connectivity index (χ1v) is 6.60. The van der Waals surface area contributed by atoms with Gasteiger partial charge in [0.15, 0.2) is 0 Å². The van der Waals surface area contributed by atoms with Gasteiger partial charge in [0.2, 0.25) is 0 Å². The van der Waals surface area contributed by atoms with Crippen molar-refractivity contribution in [1.82, 2.24) is 10.3 Å². The van der Waals surface area contributed by atoms with Crippen molar-refractivity contribution >= 4 is 17.6 Å². The Bertz CT molecular complexity index is 479. The second kappa shape index (κ2) is 4.60. The van der Waals surface area contributed by atoms with Gasteiger partial charge in [0, 0.05) is 25.3 Å². The lowest BCUT2D eigenvalue weighted by Crippen LogP contribution is -2.52. The summed E-state index contributed by atoms with van der Waals surface area (Å²) >= 11 is 0. The maximum atomic E-state index is 10.8. The van der Waals surface area contributed by atoms with Crippen LogP contribution in [0.2, 0.25) is 0 Å². The van der Waals surface area contributed by atoms with Crippen LogP contribution < -0.4 is 16.0 Å². The molecular formula is C13H18N4O2. The fraction of sp³-hybridized carbons (Fsp3) is 0.538. The summed E-state index contributed by atoms with van der Waals surface area (Å²) in [6.07, 6.45) is 2.92. The molecule has 1 saturated heterocycles. The topological polar surface area (TPSA) is 91.5 Å². The third kappa shape index (κ3) is 2.18. The van der Waals surface area contributed by atoms with Crippen LogP contribution in [0.25, 0.3) is 0 Å². The number of nitrogens with one attached hydrogen (secondary N) is 1. The second-order valence-electron chi connectivity index (χ2n) is 5.39. The Hall–Kier alpha value is -1.98. The van der Waals surface area contributed by atoms with Crippen LogP contribution in [0.5, 0.6) is 0 Å². The van der Waals surface area contributed by atoms with E-state index in [4.69, 9.17) is 10.8 Å². The van der Waals surface area contributed by atoms with Crippen molar-refractivity contribution in [1.29, 1.82) is 0 Å². The predicted octanol–water partition coefficient (Wildman–Crippen LogP) is 1.15. The van der Waals surface area contributed by atoms with Crippen LogP contribution in [0.1, 0.15) is 12.8 Å². The summed E-state index contributed by atoms with van der Waals surface area (Å²) in [4.78, 5) is 17.2. The molecule has 3 atom stereocenters. The number of nitrogens with two attached hydrogens (primary N) is 1. The van der Waals surface area contributed by atoms with Crippen molar-refractivity contribution in [3.8, 4) is 0 Å². The molecule has 1 aromatic rings. The van der Waals surface area contributed by atoms with Gasteiger partial charge in [-0.25, -0.2) is 9.78 Å². The minimum absolute atomic E-state index is 0.0895. The smallest absolute Gasteiger partial charge is 0.404 e. The predicted molar refractivity (Wildman–Crippen MR) is 72.0 cm³/mol. The Balaban J connectivity index is 1.77. The molecule has 1 saturated carbocycles. The van der Waals surface area contributed by atoms with Gasteiger partial charge in [-0.2, -0.15) is 0 Å². The molecule has 3 rings (SSSR count). The molecule has 2 heterocycles. The third-order valence-electron chi connectivity index (χ3n) is 4.28. The van der Waals surface area contributed by atoms with Gasteiger partial charge in [0.05, 0.1) is 5.69 Å². The Morgan fingerprint density at radius 1 is 1.42 bits per heavy atom. The van der Waals surface area contributed by atoms with Crippen LogP contribution >= 0.6 is 0 Å². The second-order valence-corrected chi connectivity index (χ2v) is 5.39. The Kier molecular flexibility index (Phi) is 2.93. The number of amides is 1. The number of nitrogens with zero attached hydrogens (tertiary/aromatic N) is 2. The summed E-state index contributed by atoms with van der Waals surface area (Å²) < 4.78 is 0. The van der Waals surface area contributed by atoms with E-state index in [1.165, 1.54) is 0 Å². The lowest BCUT2D eigenvalue weighted by molar-refractivity contribution is 0.178. The summed E-state index contributed by atoms with van der Waals surface area (Å²) in [5, 5.41) is 11.6. The molecule has 0 radical (unpaired) electrons. The molecule has 0 aromatic carbocycles. The van der Waals surface area contributed by atoms with E-state index in [9.17, 15) is 4.79 Å². The minimum Gasteiger partial charge on any atom is -0.465 e. The molecule has 1 amide bonds. The van der Waals surface area contributed by atoms with Crippen LogP contribution in [-0.4, -0.2) is 35.3 Å². The first-order chi connectivity index (χ1) is 9.15. The molecule has 1 aliphatic carbocycles. The molecule has 1 aliphatic heterocycles. The molecule has 6 nitrogen and oxygen atoms in total. The van der Waals surface area contributed by atoms with Crippen LogP contribution in [0.4, 0.5) is 16.3 Å². The van der Waals surface area contributed by atoms with Crippen molar-refractivity contribution in [2.24, 2.45) is 11.8 Å². The highest BCUT2D eigenvalue weighted by molar-refractivity contribution is 5.66. The Morgan fingerprint density at radius 2 is 2.11 bits per heavy atom. The molecule has 1 aromatic heterocycles. The highest BCUT2D eigenvalue weighted by atomic mass is 16.4. The lowest BCUT2D eigenvalue weighted by Gasteiger charge is -2.39. The monoisotopic (exact) mass is 262 g/mol. The molecule has 2 aliphatic rings. The SMILES string of the molecule is Nc1ncccc1N1C[C@H]2CC[C@@H](C1)[C@H]2NC(=O)O. The highest BCUT2D eigenvalue weighted by Gasteiger charge is 2.43. The number of hydrogen-bond acceptors (Lipinski definition) is 4. The number of piperidine rings is 1. The maximum Gasteiger partial charge on any atom is 0.404 e. The summed E-state index contributed by atoms with van der Waals surface area (Å²) in [5.41, 5.74) is 6.88. The number of hydrogen-bond donors (Lipinski definition) is 3. The molecule has 2 bridgehead atoms. The van der Waals surface area contributed by atoms with Crippen LogP contribution in [0.15, 0.2) is 18.3 Å². The van der Waals surface area contributed by atoms with Crippen LogP contribution in [0.3, 0.4) is 0 Å². The average molecular weight is 262 g/mol. The number of carboxylic acid groups (broad SMARTS) is 1. The number of carbonyl (C=O) groups is 1. The van der Waals surface area contributed by atoms with E-state index in [2.05, 4.69) is 15.2 Å². The first-order valence-electron chi connectivity index (χ1n) is 6.60. The number of aromatic nitrogens is 1. The van der Waals surface area contributed by atoms with E-state index in [0.717, 1.165) is 31.6 Å². The van der Waals surface area contributed by atoms with E-state index >= 15 is 0 Å². The molecule has 0 spiro atoms. The zero-order valence-corrected chi connectivity index (χ0v) is 10.6. The van der Waals surface area contributed by atoms with E-state index < -0.39 is 6.09 Å². The lowest BCUT2D eigenvalue weighted by atomic mass is 9.92. The highest BCUT2D eigenvalue weighted by Crippen LogP contribution is 2.39. The minimum atomic E-state index is -0.920. The standard InChI is InChI=1S/C13H18N4O2/c14-12-10(2-1-5-15-12)17-6-8-3-4-9(7-17)11(8)16-13(18)19/h1-2,5,8-9,11,16H,3-4,6-7H2,(H2,14,15)(H,18,19)/t8-,9+,11+. The van der Waals surface area contributed by atoms with Gasteiger partial charge in [0.25, 0.3) is 0 Å². The number of rotatable bonds is 2. The normalized spacial score (nSPS) is 29.3. The molecule has 6 heteroatoms. The molecule has 0 unspecified atom stereocenters. The molecular weight excluding hydrogens is 244 g/mol. The summed E-state index contributed by atoms with van der Waals surface area (Å²) in [7, 11) is 0. The van der Waals surface area contributed by atoms with Crippen molar-refractivity contribution in [3.05, 3.63) is 18.3 Å². The van der Waals surface area contributed by atoms with Crippen molar-refractivity contribution < 1.29 is 9.90 Å². The fourth-order valence-electron chi connectivity index (χ4n) is 3.47. The zero-order valence-electron chi connectivity index (χ0n) is 10.6. The van der Waals surface area contributed by atoms with E-state index in [-0.39, 0.29) is 6.04 Å². The third-order valence-corrected chi connectivity index (χ3v) is 4.28. The molecule has 4 N–H and O–H groups in total. The van der Waals surface area contributed by atoms with Gasteiger partial charge in [0.1, 0.15) is 5.82 Å². The number of anilines is 2. The van der Waals surface area contributed by atoms with Crippen LogP contribution in [-0.2, 0) is 0 Å². The quantitative estimate of drug-likeness (QED) is 0.743. The number of fused-ring (bicyclic) bond motifs is 2. The fourth-order valence-corrected chi connectivity index (χ4v) is 3.47. The number of nitrogen functional groups attached to an aromatic ring is 1. The largest absolute Gasteiger partial charge is 0.465 e. The van der Waals surface area contributed by atoms with Gasteiger partial charge in [-0.15, -0.1) is 0 Å². The summed E-state index contributed by atoms with van der Waals surface area (Å²) in [5.74, 6) is 1.29. The maximum absolute atomic E-state index is 10.8. The Labute approximate surface area is 111 Å². The van der Waals surface area contributed by atoms with Crippen molar-refractivity contribution in [2.45, 2.75) is 18.9 Å².